The largest absolute Gasteiger partial charge is 0.449 e. The molecule has 0 aromatic rings. The Labute approximate surface area is 84.2 Å². The van der Waals surface area contributed by atoms with E-state index in [1.54, 1.807) is 4.90 Å². The molecule has 2 saturated heterocycles. The SMILES string of the molecule is CCCCOC(=O)N1CCC2OC2C1. The van der Waals surface area contributed by atoms with E-state index in [9.17, 15) is 4.79 Å². The molecule has 2 aliphatic rings. The average molecular weight is 199 g/mol. The lowest BCUT2D eigenvalue weighted by Gasteiger charge is -2.23. The van der Waals surface area contributed by atoms with E-state index in [1.165, 1.54) is 0 Å². The molecule has 2 rings (SSSR count). The Hall–Kier alpha value is -0.770. The molecular formula is C10H17NO3. The molecule has 1 amide bonds. The molecule has 2 heterocycles. The zero-order chi connectivity index (χ0) is 9.97. The minimum atomic E-state index is -0.174. The first-order chi connectivity index (χ1) is 6.81. The fourth-order valence-corrected chi connectivity index (χ4v) is 1.75. The van der Waals surface area contributed by atoms with Gasteiger partial charge in [0, 0.05) is 6.54 Å². The number of unbranched alkanes of at least 4 members (excludes halogenated alkanes) is 1. The number of carbonyl (C=O) groups excluding carboxylic acids is 1. The van der Waals surface area contributed by atoms with Crippen molar-refractivity contribution in [1.29, 1.82) is 0 Å². The highest BCUT2D eigenvalue weighted by Gasteiger charge is 2.44. The highest BCUT2D eigenvalue weighted by molar-refractivity contribution is 5.67. The number of amides is 1. The van der Waals surface area contributed by atoms with Crippen LogP contribution in [0, 0.1) is 0 Å². The first kappa shape index (κ1) is 9.77. The second-order valence-electron chi connectivity index (χ2n) is 3.92. The van der Waals surface area contributed by atoms with Gasteiger partial charge in [0.05, 0.1) is 19.3 Å². The molecule has 14 heavy (non-hydrogen) atoms. The summed E-state index contributed by atoms with van der Waals surface area (Å²) < 4.78 is 10.5. The molecule has 0 N–H and O–H groups in total. The molecule has 0 aromatic heterocycles. The van der Waals surface area contributed by atoms with Gasteiger partial charge in [-0.1, -0.05) is 13.3 Å². The van der Waals surface area contributed by atoms with Crippen molar-refractivity contribution in [1.82, 2.24) is 4.90 Å². The zero-order valence-electron chi connectivity index (χ0n) is 8.57. The number of rotatable bonds is 3. The number of nitrogens with zero attached hydrogens (tertiary/aromatic N) is 1. The van der Waals surface area contributed by atoms with E-state index in [2.05, 4.69) is 6.92 Å². The first-order valence-electron chi connectivity index (χ1n) is 5.38. The van der Waals surface area contributed by atoms with Gasteiger partial charge in [0.25, 0.3) is 0 Å². The predicted octanol–water partition coefficient (Wildman–Crippen LogP) is 1.40. The lowest BCUT2D eigenvalue weighted by atomic mass is 10.1. The van der Waals surface area contributed by atoms with Crippen LogP contribution in [-0.4, -0.2) is 42.9 Å². The highest BCUT2D eigenvalue weighted by atomic mass is 16.6. The number of likely N-dealkylation sites (tertiary alicyclic amines) is 1. The van der Waals surface area contributed by atoms with Gasteiger partial charge in [-0.05, 0) is 12.8 Å². The Morgan fingerprint density at radius 3 is 3.14 bits per heavy atom. The molecule has 2 unspecified atom stereocenters. The summed E-state index contributed by atoms with van der Waals surface area (Å²) in [6.07, 6.45) is 3.51. The van der Waals surface area contributed by atoms with E-state index in [-0.39, 0.29) is 6.09 Å². The normalized spacial score (nSPS) is 29.6. The summed E-state index contributed by atoms with van der Waals surface area (Å²) in [6.45, 7) is 4.12. The third-order valence-corrected chi connectivity index (χ3v) is 2.75. The zero-order valence-corrected chi connectivity index (χ0v) is 8.57. The smallest absolute Gasteiger partial charge is 0.409 e. The van der Waals surface area contributed by atoms with E-state index in [0.717, 1.165) is 32.4 Å². The summed E-state index contributed by atoms with van der Waals surface area (Å²) in [7, 11) is 0. The maximum Gasteiger partial charge on any atom is 0.409 e. The number of ether oxygens (including phenoxy) is 2. The lowest BCUT2D eigenvalue weighted by Crippen LogP contribution is -2.39. The Balaban J connectivity index is 1.68. The van der Waals surface area contributed by atoms with E-state index >= 15 is 0 Å². The summed E-state index contributed by atoms with van der Waals surface area (Å²) in [5.74, 6) is 0. The van der Waals surface area contributed by atoms with Gasteiger partial charge in [0.15, 0.2) is 0 Å². The molecule has 4 nitrogen and oxygen atoms in total. The molecular weight excluding hydrogens is 182 g/mol. The Morgan fingerprint density at radius 2 is 2.43 bits per heavy atom. The van der Waals surface area contributed by atoms with E-state index in [1.807, 2.05) is 0 Å². The van der Waals surface area contributed by atoms with Gasteiger partial charge < -0.3 is 14.4 Å². The summed E-state index contributed by atoms with van der Waals surface area (Å²) >= 11 is 0. The van der Waals surface area contributed by atoms with Crippen molar-refractivity contribution in [2.75, 3.05) is 19.7 Å². The number of hydrogen-bond acceptors (Lipinski definition) is 3. The molecule has 0 radical (unpaired) electrons. The molecule has 0 aromatic carbocycles. The summed E-state index contributed by atoms with van der Waals surface area (Å²) in [5.41, 5.74) is 0. The average Bonchev–Trinajstić information content (AvgIpc) is 2.95. The Kier molecular flexibility index (Phi) is 2.91. The van der Waals surface area contributed by atoms with Gasteiger partial charge in [0.1, 0.15) is 6.10 Å². The van der Waals surface area contributed by atoms with Crippen molar-refractivity contribution < 1.29 is 14.3 Å². The third-order valence-electron chi connectivity index (χ3n) is 2.75. The summed E-state index contributed by atoms with van der Waals surface area (Å²) in [6, 6.07) is 0. The van der Waals surface area contributed by atoms with Crippen LogP contribution >= 0.6 is 0 Å². The van der Waals surface area contributed by atoms with Gasteiger partial charge in [-0.3, -0.25) is 0 Å². The van der Waals surface area contributed by atoms with Gasteiger partial charge in [-0.2, -0.15) is 0 Å². The molecule has 0 aliphatic carbocycles. The quantitative estimate of drug-likeness (QED) is 0.509. The Bertz CT molecular complexity index is 219. The fourth-order valence-electron chi connectivity index (χ4n) is 1.75. The van der Waals surface area contributed by atoms with Gasteiger partial charge in [-0.15, -0.1) is 0 Å². The number of piperidine rings is 1. The molecule has 2 fully saturated rings. The minimum absolute atomic E-state index is 0.174. The minimum Gasteiger partial charge on any atom is -0.449 e. The molecule has 2 aliphatic heterocycles. The first-order valence-corrected chi connectivity index (χ1v) is 5.38. The van der Waals surface area contributed by atoms with Crippen molar-refractivity contribution >= 4 is 6.09 Å². The van der Waals surface area contributed by atoms with Crippen LogP contribution in [0.3, 0.4) is 0 Å². The number of fused-ring (bicyclic) bond motifs is 1. The molecule has 0 bridgehead atoms. The second kappa shape index (κ2) is 4.17. The molecule has 2 atom stereocenters. The molecule has 4 heteroatoms. The third kappa shape index (κ3) is 2.18. The van der Waals surface area contributed by atoms with E-state index < -0.39 is 0 Å². The van der Waals surface area contributed by atoms with Crippen molar-refractivity contribution in [3.05, 3.63) is 0 Å². The predicted molar refractivity (Wildman–Crippen MR) is 51.1 cm³/mol. The van der Waals surface area contributed by atoms with Crippen LogP contribution in [0.4, 0.5) is 4.79 Å². The van der Waals surface area contributed by atoms with Crippen molar-refractivity contribution in [2.24, 2.45) is 0 Å². The topological polar surface area (TPSA) is 42.1 Å². The Morgan fingerprint density at radius 1 is 1.57 bits per heavy atom. The maximum atomic E-state index is 11.5. The van der Waals surface area contributed by atoms with Crippen LogP contribution in [0.2, 0.25) is 0 Å². The van der Waals surface area contributed by atoms with Gasteiger partial charge >= 0.3 is 6.09 Å². The standard InChI is InChI=1S/C10H17NO3/c1-2-3-6-13-10(12)11-5-4-8-9(7-11)14-8/h8-9H,2-7H2,1H3. The van der Waals surface area contributed by atoms with Crippen LogP contribution in [0.1, 0.15) is 26.2 Å². The molecule has 0 spiro atoms. The second-order valence-corrected chi connectivity index (χ2v) is 3.92. The summed E-state index contributed by atoms with van der Waals surface area (Å²) in [4.78, 5) is 13.2. The number of carbonyl (C=O) groups is 1. The highest BCUT2D eigenvalue weighted by Crippen LogP contribution is 2.30. The van der Waals surface area contributed by atoms with Crippen molar-refractivity contribution in [3.63, 3.8) is 0 Å². The fraction of sp³-hybridized carbons (Fsp3) is 0.900. The number of epoxide rings is 1. The van der Waals surface area contributed by atoms with Gasteiger partial charge in [-0.25, -0.2) is 4.79 Å². The van der Waals surface area contributed by atoms with Crippen LogP contribution in [0.25, 0.3) is 0 Å². The number of hydrogen-bond donors (Lipinski definition) is 0. The van der Waals surface area contributed by atoms with Crippen molar-refractivity contribution in [3.8, 4) is 0 Å². The van der Waals surface area contributed by atoms with Crippen LogP contribution in [-0.2, 0) is 9.47 Å². The van der Waals surface area contributed by atoms with E-state index in [0.29, 0.717) is 18.8 Å². The summed E-state index contributed by atoms with van der Waals surface area (Å²) in [5, 5.41) is 0. The van der Waals surface area contributed by atoms with Crippen LogP contribution in [0.5, 0.6) is 0 Å². The van der Waals surface area contributed by atoms with E-state index in [4.69, 9.17) is 9.47 Å². The van der Waals surface area contributed by atoms with Crippen LogP contribution in [0.15, 0.2) is 0 Å². The molecule has 0 saturated carbocycles. The maximum absolute atomic E-state index is 11.5. The van der Waals surface area contributed by atoms with Crippen molar-refractivity contribution in [2.45, 2.75) is 38.4 Å². The van der Waals surface area contributed by atoms with Gasteiger partial charge in [0.2, 0.25) is 0 Å². The molecule has 80 valence electrons. The van der Waals surface area contributed by atoms with Crippen LogP contribution < -0.4 is 0 Å². The monoisotopic (exact) mass is 199 g/mol. The lowest BCUT2D eigenvalue weighted by molar-refractivity contribution is 0.0968.